The summed E-state index contributed by atoms with van der Waals surface area (Å²) in [5, 5.41) is 3.65. The summed E-state index contributed by atoms with van der Waals surface area (Å²) in [6, 6.07) is 10.8. The number of halogens is 4. The van der Waals surface area contributed by atoms with E-state index in [0.717, 1.165) is 11.8 Å². The number of aromatic nitrogens is 1. The molecule has 3 aromatic rings. The molecule has 2 heterocycles. The fourth-order valence-corrected chi connectivity index (χ4v) is 3.61. The van der Waals surface area contributed by atoms with E-state index in [9.17, 15) is 22.4 Å². The number of nitrogens with zero attached hydrogens (tertiary/aromatic N) is 3. The first-order valence-electron chi connectivity index (χ1n) is 9.47. The molecule has 0 atom stereocenters. The van der Waals surface area contributed by atoms with Crippen LogP contribution in [0.4, 0.5) is 29.1 Å². The highest BCUT2D eigenvalue weighted by atomic mass is 19.4. The second-order valence-corrected chi connectivity index (χ2v) is 7.07. The first kappa shape index (κ1) is 20.7. The fourth-order valence-electron chi connectivity index (χ4n) is 3.61. The van der Waals surface area contributed by atoms with Gasteiger partial charge in [-0.25, -0.2) is 4.39 Å². The minimum Gasteiger partial charge on any atom is -0.368 e. The summed E-state index contributed by atoms with van der Waals surface area (Å²) in [6.45, 7) is 1.55. The molecule has 1 saturated heterocycles. The van der Waals surface area contributed by atoms with Crippen LogP contribution in [0.25, 0.3) is 11.3 Å². The molecule has 162 valence electrons. The van der Waals surface area contributed by atoms with Gasteiger partial charge in [0.25, 0.3) is 5.91 Å². The van der Waals surface area contributed by atoms with Gasteiger partial charge >= 0.3 is 6.18 Å². The Hall–Kier alpha value is -3.56. The van der Waals surface area contributed by atoms with Crippen molar-refractivity contribution < 1.29 is 26.9 Å². The molecule has 10 heteroatoms. The van der Waals surface area contributed by atoms with Crippen molar-refractivity contribution in [2.24, 2.45) is 0 Å². The van der Waals surface area contributed by atoms with E-state index in [2.05, 4.69) is 5.16 Å². The Kier molecular flexibility index (Phi) is 5.30. The first-order chi connectivity index (χ1) is 14.8. The zero-order valence-electron chi connectivity index (χ0n) is 16.2. The van der Waals surface area contributed by atoms with E-state index < -0.39 is 17.6 Å². The zero-order chi connectivity index (χ0) is 22.2. The van der Waals surface area contributed by atoms with Crippen LogP contribution in [0.5, 0.6) is 0 Å². The smallest absolute Gasteiger partial charge is 0.368 e. The highest BCUT2D eigenvalue weighted by molar-refractivity contribution is 6.04. The van der Waals surface area contributed by atoms with Crippen LogP contribution >= 0.6 is 0 Å². The molecule has 1 fully saturated rings. The van der Waals surface area contributed by atoms with Crippen molar-refractivity contribution in [3.8, 4) is 11.3 Å². The fraction of sp³-hybridized carbons (Fsp3) is 0.238. The number of amides is 1. The van der Waals surface area contributed by atoms with E-state index in [1.165, 1.54) is 35.2 Å². The van der Waals surface area contributed by atoms with Crippen molar-refractivity contribution >= 4 is 17.5 Å². The molecule has 1 amide bonds. The summed E-state index contributed by atoms with van der Waals surface area (Å²) in [5.41, 5.74) is 4.96. The van der Waals surface area contributed by atoms with E-state index in [0.29, 0.717) is 26.2 Å². The molecule has 0 saturated carbocycles. The topological polar surface area (TPSA) is 75.6 Å². The van der Waals surface area contributed by atoms with Gasteiger partial charge in [0, 0.05) is 37.4 Å². The summed E-state index contributed by atoms with van der Waals surface area (Å²) in [6.07, 6.45) is -4.63. The molecule has 2 N–H and O–H groups in total. The SMILES string of the molecule is Nc1onc(-c2ccccc2C(F)(F)F)c1C(=O)N1CCN(c2ccc(F)cc2)CC1. The molecule has 1 aromatic heterocycles. The Bertz CT molecular complexity index is 1090. The molecule has 31 heavy (non-hydrogen) atoms. The normalized spacial score (nSPS) is 14.7. The van der Waals surface area contributed by atoms with Gasteiger partial charge in [0.1, 0.15) is 17.1 Å². The number of alkyl halides is 3. The first-order valence-corrected chi connectivity index (χ1v) is 9.47. The third-order valence-corrected chi connectivity index (χ3v) is 5.18. The highest BCUT2D eigenvalue weighted by Gasteiger charge is 2.37. The van der Waals surface area contributed by atoms with E-state index in [1.807, 2.05) is 4.90 Å². The Morgan fingerprint density at radius 1 is 1.00 bits per heavy atom. The molecule has 0 spiro atoms. The monoisotopic (exact) mass is 434 g/mol. The number of rotatable bonds is 3. The van der Waals surface area contributed by atoms with Crippen molar-refractivity contribution in [1.82, 2.24) is 10.1 Å². The van der Waals surface area contributed by atoms with Crippen molar-refractivity contribution in [2.75, 3.05) is 36.8 Å². The number of hydrogen-bond donors (Lipinski definition) is 1. The molecule has 4 rings (SSSR count). The maximum absolute atomic E-state index is 13.4. The number of hydrogen-bond acceptors (Lipinski definition) is 5. The second-order valence-electron chi connectivity index (χ2n) is 7.07. The van der Waals surface area contributed by atoms with Crippen LogP contribution < -0.4 is 10.6 Å². The van der Waals surface area contributed by atoms with E-state index >= 15 is 0 Å². The number of carbonyl (C=O) groups excluding carboxylic acids is 1. The van der Waals surface area contributed by atoms with E-state index in [-0.39, 0.29) is 28.5 Å². The third kappa shape index (κ3) is 4.05. The summed E-state index contributed by atoms with van der Waals surface area (Å²) in [7, 11) is 0. The maximum atomic E-state index is 13.4. The number of benzene rings is 2. The van der Waals surface area contributed by atoms with Gasteiger partial charge < -0.3 is 20.1 Å². The Morgan fingerprint density at radius 3 is 2.29 bits per heavy atom. The number of anilines is 2. The lowest BCUT2D eigenvalue weighted by molar-refractivity contribution is -0.137. The van der Waals surface area contributed by atoms with Gasteiger partial charge in [0.2, 0.25) is 5.88 Å². The Morgan fingerprint density at radius 2 is 1.65 bits per heavy atom. The molecular weight excluding hydrogens is 416 g/mol. The van der Waals surface area contributed by atoms with E-state index in [1.54, 1.807) is 12.1 Å². The minimum absolute atomic E-state index is 0.188. The summed E-state index contributed by atoms with van der Waals surface area (Å²) >= 11 is 0. The molecule has 6 nitrogen and oxygen atoms in total. The molecule has 1 aliphatic heterocycles. The highest BCUT2D eigenvalue weighted by Crippen LogP contribution is 2.39. The van der Waals surface area contributed by atoms with Gasteiger partial charge in [-0.3, -0.25) is 4.79 Å². The van der Waals surface area contributed by atoms with E-state index in [4.69, 9.17) is 10.3 Å². The van der Waals surface area contributed by atoms with Crippen molar-refractivity contribution in [3.63, 3.8) is 0 Å². The van der Waals surface area contributed by atoms with Gasteiger partial charge in [-0.2, -0.15) is 13.2 Å². The largest absolute Gasteiger partial charge is 0.417 e. The predicted octanol–water partition coefficient (Wildman–Crippen LogP) is 4.04. The van der Waals surface area contributed by atoms with Gasteiger partial charge in [-0.05, 0) is 30.3 Å². The van der Waals surface area contributed by atoms with Gasteiger partial charge in [0.15, 0.2) is 0 Å². The summed E-state index contributed by atoms with van der Waals surface area (Å²) in [5.74, 6) is -1.23. The number of carbonyl (C=O) groups is 1. The molecule has 0 bridgehead atoms. The van der Waals surface area contributed by atoms with Crippen molar-refractivity contribution in [3.05, 3.63) is 65.5 Å². The molecule has 0 unspecified atom stereocenters. The zero-order valence-corrected chi connectivity index (χ0v) is 16.2. The average Bonchev–Trinajstić information content (AvgIpc) is 3.14. The Balaban J connectivity index is 1.58. The summed E-state index contributed by atoms with van der Waals surface area (Å²) in [4.78, 5) is 16.6. The number of piperazine rings is 1. The van der Waals surface area contributed by atoms with Gasteiger partial charge in [-0.1, -0.05) is 23.4 Å². The lowest BCUT2D eigenvalue weighted by atomic mass is 10.00. The predicted molar refractivity (Wildman–Crippen MR) is 106 cm³/mol. The van der Waals surface area contributed by atoms with Crippen LogP contribution in [0.1, 0.15) is 15.9 Å². The van der Waals surface area contributed by atoms with Gasteiger partial charge in [-0.15, -0.1) is 0 Å². The average molecular weight is 434 g/mol. The third-order valence-electron chi connectivity index (χ3n) is 5.18. The van der Waals surface area contributed by atoms with Crippen LogP contribution in [0.3, 0.4) is 0 Å². The quantitative estimate of drug-likeness (QED) is 0.630. The molecular formula is C21H18F4N4O2. The van der Waals surface area contributed by atoms with Crippen LogP contribution in [0, 0.1) is 5.82 Å². The molecule has 0 aliphatic carbocycles. The summed E-state index contributed by atoms with van der Waals surface area (Å²) < 4.78 is 58.4. The standard InChI is InChI=1S/C21H18F4N4O2/c22-13-5-7-14(8-6-13)28-9-11-29(12-10-28)20(30)17-18(27-31-19(17)26)15-3-1-2-4-16(15)21(23,24)25/h1-8H,9-12,26H2. The van der Waals surface area contributed by atoms with Crippen molar-refractivity contribution in [2.45, 2.75) is 6.18 Å². The molecule has 1 aliphatic rings. The van der Waals surface area contributed by atoms with Crippen LogP contribution in [-0.2, 0) is 6.18 Å². The van der Waals surface area contributed by atoms with Crippen LogP contribution in [0.15, 0.2) is 53.1 Å². The number of nitrogen functional groups attached to an aromatic ring is 1. The lowest BCUT2D eigenvalue weighted by Crippen LogP contribution is -2.49. The molecule has 2 aromatic carbocycles. The van der Waals surface area contributed by atoms with Crippen molar-refractivity contribution in [1.29, 1.82) is 0 Å². The minimum atomic E-state index is -4.63. The lowest BCUT2D eigenvalue weighted by Gasteiger charge is -2.36. The maximum Gasteiger partial charge on any atom is 0.417 e. The van der Waals surface area contributed by atoms with Gasteiger partial charge in [0.05, 0.1) is 5.56 Å². The second kappa shape index (κ2) is 7.93. The molecule has 0 radical (unpaired) electrons. The van der Waals surface area contributed by atoms with Crippen LogP contribution in [-0.4, -0.2) is 42.1 Å². The number of nitrogens with two attached hydrogens (primary N) is 1. The Labute approximate surface area is 174 Å². The van der Waals surface area contributed by atoms with Crippen LogP contribution in [0.2, 0.25) is 0 Å².